The Balaban J connectivity index is 1.38. The van der Waals surface area contributed by atoms with E-state index in [-0.39, 0.29) is 18.4 Å². The van der Waals surface area contributed by atoms with Crippen LogP contribution in [-0.2, 0) is 16.0 Å². The number of benzene rings is 3. The van der Waals surface area contributed by atoms with Crippen molar-refractivity contribution in [2.75, 3.05) is 44.0 Å². The Morgan fingerprint density at radius 2 is 1.63 bits per heavy atom. The molecular formula is C28H33N3O4. The van der Waals surface area contributed by atoms with E-state index >= 15 is 0 Å². The molecule has 0 aliphatic carbocycles. The van der Waals surface area contributed by atoms with Gasteiger partial charge in [0.2, 0.25) is 5.91 Å². The zero-order valence-electron chi connectivity index (χ0n) is 20.1. The number of amides is 2. The maximum absolute atomic E-state index is 12.4. The average molecular weight is 476 g/mol. The fraction of sp³-hybridized carbons (Fsp3) is 0.286. The third kappa shape index (κ3) is 9.51. The van der Waals surface area contributed by atoms with E-state index in [2.05, 4.69) is 28.1 Å². The summed E-state index contributed by atoms with van der Waals surface area (Å²) in [5.74, 6) is 0.415. The molecule has 3 aromatic rings. The number of anilines is 2. The molecule has 0 unspecified atom stereocenters. The van der Waals surface area contributed by atoms with Gasteiger partial charge in [0.05, 0.1) is 13.2 Å². The summed E-state index contributed by atoms with van der Waals surface area (Å²) >= 11 is 0. The van der Waals surface area contributed by atoms with Crippen LogP contribution in [0.2, 0.25) is 0 Å². The standard InChI is InChI=1S/C28H33N3O4/c1-34-18-7-17-29-28(33)23-13-15-24(16-14-23)30-21-27(32)31-25-11-5-12-26(20-25)35-19-6-10-22-8-3-2-4-9-22/h2-5,8-9,11-16,20,30H,6-7,10,17-19,21H2,1H3,(H,29,33)(H,31,32). The highest BCUT2D eigenvalue weighted by atomic mass is 16.5. The minimum atomic E-state index is -0.175. The molecule has 3 rings (SSSR count). The minimum absolute atomic E-state index is 0.102. The van der Waals surface area contributed by atoms with Crippen LogP contribution < -0.4 is 20.7 Å². The lowest BCUT2D eigenvalue weighted by molar-refractivity contribution is -0.114. The van der Waals surface area contributed by atoms with Gasteiger partial charge in [0, 0.05) is 43.3 Å². The number of methoxy groups -OCH3 is 1. The number of ether oxygens (including phenoxy) is 2. The third-order valence-corrected chi connectivity index (χ3v) is 5.25. The molecule has 0 bridgehead atoms. The number of carbonyl (C=O) groups excluding carboxylic acids is 2. The van der Waals surface area contributed by atoms with Crippen molar-refractivity contribution in [2.45, 2.75) is 19.3 Å². The van der Waals surface area contributed by atoms with E-state index in [0.29, 0.717) is 31.0 Å². The molecule has 0 heterocycles. The summed E-state index contributed by atoms with van der Waals surface area (Å²) in [7, 11) is 1.63. The largest absolute Gasteiger partial charge is 0.494 e. The van der Waals surface area contributed by atoms with Gasteiger partial charge in [0.1, 0.15) is 5.75 Å². The fourth-order valence-corrected chi connectivity index (χ4v) is 3.42. The first-order chi connectivity index (χ1) is 17.1. The summed E-state index contributed by atoms with van der Waals surface area (Å²) in [6, 6.07) is 24.7. The lowest BCUT2D eigenvalue weighted by atomic mass is 10.1. The molecule has 3 aromatic carbocycles. The van der Waals surface area contributed by atoms with Crippen molar-refractivity contribution in [3.63, 3.8) is 0 Å². The van der Waals surface area contributed by atoms with Gasteiger partial charge in [-0.25, -0.2) is 0 Å². The van der Waals surface area contributed by atoms with Crippen LogP contribution in [0.15, 0.2) is 78.9 Å². The molecule has 0 fully saturated rings. The van der Waals surface area contributed by atoms with Crippen molar-refractivity contribution < 1.29 is 19.1 Å². The molecule has 35 heavy (non-hydrogen) atoms. The van der Waals surface area contributed by atoms with Crippen LogP contribution in [0.5, 0.6) is 5.75 Å². The number of rotatable bonds is 14. The summed E-state index contributed by atoms with van der Waals surface area (Å²) < 4.78 is 10.8. The fourth-order valence-electron chi connectivity index (χ4n) is 3.42. The SMILES string of the molecule is COCCCNC(=O)c1ccc(NCC(=O)Nc2cccc(OCCCc3ccccc3)c2)cc1. The average Bonchev–Trinajstić information content (AvgIpc) is 2.89. The summed E-state index contributed by atoms with van der Waals surface area (Å²) in [4.78, 5) is 24.5. The van der Waals surface area contributed by atoms with Gasteiger partial charge in [0.25, 0.3) is 5.91 Å². The number of aryl methyl sites for hydroxylation is 1. The van der Waals surface area contributed by atoms with Gasteiger partial charge in [0.15, 0.2) is 0 Å². The van der Waals surface area contributed by atoms with Crippen LogP contribution >= 0.6 is 0 Å². The zero-order chi connectivity index (χ0) is 24.7. The Morgan fingerprint density at radius 1 is 0.829 bits per heavy atom. The van der Waals surface area contributed by atoms with Gasteiger partial charge < -0.3 is 25.4 Å². The Bertz CT molecular complexity index is 1060. The Kier molecular flexibility index (Phi) is 10.6. The monoisotopic (exact) mass is 475 g/mol. The number of hydrogen-bond donors (Lipinski definition) is 3. The summed E-state index contributed by atoms with van der Waals surface area (Å²) in [5.41, 5.74) is 3.29. The van der Waals surface area contributed by atoms with Crippen LogP contribution in [0.4, 0.5) is 11.4 Å². The van der Waals surface area contributed by atoms with E-state index < -0.39 is 0 Å². The van der Waals surface area contributed by atoms with Crippen LogP contribution in [0, 0.1) is 0 Å². The Hall–Kier alpha value is -3.84. The molecule has 0 spiro atoms. The highest BCUT2D eigenvalue weighted by Gasteiger charge is 2.07. The second kappa shape index (κ2) is 14.4. The lowest BCUT2D eigenvalue weighted by Gasteiger charge is -2.11. The van der Waals surface area contributed by atoms with Gasteiger partial charge in [-0.2, -0.15) is 0 Å². The van der Waals surface area contributed by atoms with Gasteiger partial charge >= 0.3 is 0 Å². The molecule has 2 amide bonds. The van der Waals surface area contributed by atoms with Crippen LogP contribution in [-0.4, -0.2) is 45.2 Å². The Labute approximate surface area is 206 Å². The molecule has 3 N–H and O–H groups in total. The maximum Gasteiger partial charge on any atom is 0.251 e. The molecule has 0 saturated carbocycles. The van der Waals surface area contributed by atoms with Crippen molar-refractivity contribution in [2.24, 2.45) is 0 Å². The number of carbonyl (C=O) groups is 2. The van der Waals surface area contributed by atoms with Crippen molar-refractivity contribution in [1.29, 1.82) is 0 Å². The minimum Gasteiger partial charge on any atom is -0.494 e. The van der Waals surface area contributed by atoms with Crippen molar-refractivity contribution in [3.8, 4) is 5.75 Å². The molecule has 0 aromatic heterocycles. The second-order valence-corrected chi connectivity index (χ2v) is 8.05. The first-order valence-corrected chi connectivity index (χ1v) is 11.8. The first-order valence-electron chi connectivity index (χ1n) is 11.8. The van der Waals surface area contributed by atoms with E-state index in [1.165, 1.54) is 5.56 Å². The van der Waals surface area contributed by atoms with E-state index in [9.17, 15) is 9.59 Å². The summed E-state index contributed by atoms with van der Waals surface area (Å²) in [6.07, 6.45) is 2.64. The Morgan fingerprint density at radius 3 is 2.40 bits per heavy atom. The molecule has 0 aliphatic rings. The molecular weight excluding hydrogens is 442 g/mol. The van der Waals surface area contributed by atoms with E-state index in [1.807, 2.05) is 42.5 Å². The highest BCUT2D eigenvalue weighted by Crippen LogP contribution is 2.18. The second-order valence-electron chi connectivity index (χ2n) is 8.05. The quantitative estimate of drug-likeness (QED) is 0.299. The number of hydrogen-bond acceptors (Lipinski definition) is 5. The van der Waals surface area contributed by atoms with Crippen molar-refractivity contribution in [1.82, 2.24) is 5.32 Å². The van der Waals surface area contributed by atoms with E-state index in [1.54, 1.807) is 31.4 Å². The van der Waals surface area contributed by atoms with E-state index in [0.717, 1.165) is 30.7 Å². The van der Waals surface area contributed by atoms with Crippen LogP contribution in [0.3, 0.4) is 0 Å². The summed E-state index contributed by atoms with van der Waals surface area (Å²) in [5, 5.41) is 8.79. The third-order valence-electron chi connectivity index (χ3n) is 5.25. The van der Waals surface area contributed by atoms with Gasteiger partial charge in [-0.15, -0.1) is 0 Å². The van der Waals surface area contributed by atoms with Gasteiger partial charge in [-0.3, -0.25) is 9.59 Å². The lowest BCUT2D eigenvalue weighted by Crippen LogP contribution is -2.25. The maximum atomic E-state index is 12.4. The molecule has 7 nitrogen and oxygen atoms in total. The number of nitrogens with one attached hydrogen (secondary N) is 3. The topological polar surface area (TPSA) is 88.7 Å². The molecule has 0 saturated heterocycles. The zero-order valence-corrected chi connectivity index (χ0v) is 20.1. The van der Waals surface area contributed by atoms with Crippen LogP contribution in [0.1, 0.15) is 28.8 Å². The van der Waals surface area contributed by atoms with Gasteiger partial charge in [-0.05, 0) is 61.2 Å². The predicted molar refractivity (Wildman–Crippen MR) is 139 cm³/mol. The normalized spacial score (nSPS) is 10.4. The predicted octanol–water partition coefficient (Wildman–Crippen LogP) is 4.52. The van der Waals surface area contributed by atoms with Crippen molar-refractivity contribution in [3.05, 3.63) is 90.0 Å². The molecule has 184 valence electrons. The molecule has 0 atom stereocenters. The smallest absolute Gasteiger partial charge is 0.251 e. The van der Waals surface area contributed by atoms with Gasteiger partial charge in [-0.1, -0.05) is 36.4 Å². The van der Waals surface area contributed by atoms with Crippen LogP contribution in [0.25, 0.3) is 0 Å². The van der Waals surface area contributed by atoms with E-state index in [4.69, 9.17) is 9.47 Å². The first kappa shape index (κ1) is 25.8. The molecule has 0 aliphatic heterocycles. The van der Waals surface area contributed by atoms with Crippen molar-refractivity contribution >= 4 is 23.2 Å². The molecule has 0 radical (unpaired) electrons. The summed E-state index contributed by atoms with van der Waals surface area (Å²) in [6.45, 7) is 1.88. The highest BCUT2D eigenvalue weighted by molar-refractivity contribution is 5.95. The molecule has 7 heteroatoms.